The number of anilines is 1. The Bertz CT molecular complexity index is 988. The summed E-state index contributed by atoms with van der Waals surface area (Å²) in [5.41, 5.74) is 3.53. The van der Waals surface area contributed by atoms with E-state index >= 15 is 0 Å². The van der Waals surface area contributed by atoms with E-state index in [2.05, 4.69) is 15.3 Å². The smallest absolute Gasteiger partial charge is 0.262 e. The number of nitrogens with one attached hydrogen (secondary N) is 1. The number of fused-ring (bicyclic) bond motifs is 3. The van der Waals surface area contributed by atoms with Crippen LogP contribution >= 0.6 is 0 Å². The highest BCUT2D eigenvalue weighted by Gasteiger charge is 2.28. The predicted molar refractivity (Wildman–Crippen MR) is 91.5 cm³/mol. The van der Waals surface area contributed by atoms with Gasteiger partial charge in [-0.3, -0.25) is 9.78 Å². The summed E-state index contributed by atoms with van der Waals surface area (Å²) in [4.78, 5) is 21.3. The number of para-hydroxylation sites is 2. The molecule has 1 aromatic carbocycles. The maximum absolute atomic E-state index is 12.8. The maximum Gasteiger partial charge on any atom is 0.262 e. The highest BCUT2D eigenvalue weighted by molar-refractivity contribution is 6.25. The van der Waals surface area contributed by atoms with Crippen LogP contribution in [0.1, 0.15) is 17.8 Å². The average molecular weight is 320 g/mol. The fraction of sp³-hybridized carbons (Fsp3) is 0.167. The van der Waals surface area contributed by atoms with E-state index in [9.17, 15) is 9.90 Å². The predicted octanol–water partition coefficient (Wildman–Crippen LogP) is 3.05. The van der Waals surface area contributed by atoms with E-state index < -0.39 is 0 Å². The summed E-state index contributed by atoms with van der Waals surface area (Å²) in [5.74, 6) is 0.212. The van der Waals surface area contributed by atoms with Gasteiger partial charge in [0.05, 0.1) is 11.0 Å². The molecule has 0 radical (unpaired) electrons. The summed E-state index contributed by atoms with van der Waals surface area (Å²) in [6.07, 6.45) is 3.71. The maximum atomic E-state index is 12.8. The zero-order valence-corrected chi connectivity index (χ0v) is 13.2. The molecule has 0 saturated carbocycles. The van der Waals surface area contributed by atoms with Crippen LogP contribution in [0.3, 0.4) is 0 Å². The molecule has 3 heterocycles. The Labute approximate surface area is 138 Å². The van der Waals surface area contributed by atoms with Gasteiger partial charge in [0.1, 0.15) is 17.2 Å². The highest BCUT2D eigenvalue weighted by atomic mass is 16.3. The second kappa shape index (κ2) is 5.49. The second-order valence-corrected chi connectivity index (χ2v) is 5.79. The molecular formula is C18H16N4O2. The third kappa shape index (κ3) is 2.23. The van der Waals surface area contributed by atoms with Crippen molar-refractivity contribution in [2.24, 2.45) is 0 Å². The Morgan fingerprint density at radius 2 is 2.12 bits per heavy atom. The van der Waals surface area contributed by atoms with Crippen molar-refractivity contribution in [3.05, 3.63) is 59.9 Å². The van der Waals surface area contributed by atoms with Crippen LogP contribution < -0.4 is 5.32 Å². The number of nitrogens with zero attached hydrogens (tertiary/aromatic N) is 3. The Kier molecular flexibility index (Phi) is 3.30. The van der Waals surface area contributed by atoms with Crippen molar-refractivity contribution < 1.29 is 9.90 Å². The molecule has 3 aromatic rings. The Hall–Kier alpha value is -3.15. The van der Waals surface area contributed by atoms with Crippen molar-refractivity contribution in [1.29, 1.82) is 0 Å². The molecule has 0 spiro atoms. The Balaban J connectivity index is 1.78. The summed E-state index contributed by atoms with van der Waals surface area (Å²) >= 11 is 0. The molecule has 0 bridgehead atoms. The van der Waals surface area contributed by atoms with E-state index in [1.54, 1.807) is 18.5 Å². The number of allylic oxidation sites excluding steroid dienone is 1. The number of aliphatic hydroxyl groups excluding tert-OH is 1. The van der Waals surface area contributed by atoms with Crippen LogP contribution in [0.4, 0.5) is 5.69 Å². The van der Waals surface area contributed by atoms with Gasteiger partial charge in [0.2, 0.25) is 0 Å². The van der Waals surface area contributed by atoms with Crippen molar-refractivity contribution in [2.75, 3.05) is 5.32 Å². The van der Waals surface area contributed by atoms with E-state index in [0.717, 1.165) is 16.6 Å². The molecular weight excluding hydrogens is 304 g/mol. The molecule has 6 heteroatoms. The van der Waals surface area contributed by atoms with E-state index in [1.807, 2.05) is 35.8 Å². The lowest BCUT2D eigenvalue weighted by atomic mass is 10.1. The normalized spacial score (nSPS) is 13.9. The van der Waals surface area contributed by atoms with Gasteiger partial charge in [-0.2, -0.15) is 0 Å². The fourth-order valence-electron chi connectivity index (χ4n) is 3.00. The first-order chi connectivity index (χ1) is 11.6. The number of aliphatic hydroxyl groups is 1. The third-order valence-electron chi connectivity index (χ3n) is 4.23. The van der Waals surface area contributed by atoms with Crippen LogP contribution in [0.2, 0.25) is 0 Å². The van der Waals surface area contributed by atoms with Gasteiger partial charge in [0, 0.05) is 31.0 Å². The second-order valence-electron chi connectivity index (χ2n) is 5.79. The van der Waals surface area contributed by atoms with E-state index in [-0.39, 0.29) is 17.2 Å². The van der Waals surface area contributed by atoms with Crippen molar-refractivity contribution in [1.82, 2.24) is 14.5 Å². The van der Waals surface area contributed by atoms with Gasteiger partial charge >= 0.3 is 0 Å². The van der Waals surface area contributed by atoms with Gasteiger partial charge in [-0.15, -0.1) is 0 Å². The van der Waals surface area contributed by atoms with E-state index in [0.29, 0.717) is 24.5 Å². The Morgan fingerprint density at radius 3 is 2.96 bits per heavy atom. The molecule has 6 nitrogen and oxygen atoms in total. The molecule has 0 saturated heterocycles. The number of amides is 1. The molecule has 0 aliphatic carbocycles. The first-order valence-corrected chi connectivity index (χ1v) is 7.75. The highest BCUT2D eigenvalue weighted by Crippen LogP contribution is 2.30. The molecule has 0 unspecified atom stereocenters. The van der Waals surface area contributed by atoms with Gasteiger partial charge < -0.3 is 15.0 Å². The standard InChI is InChI=1S/C18H16N4O2/c1-11-10-19-8-6-12(11)21-18(24)16-15(23)7-9-22-14-5-3-2-4-13(14)20-17(16)22/h2-6,8,10,23H,7,9H2,1H3,(H,19,21,24). The van der Waals surface area contributed by atoms with Gasteiger partial charge in [-0.05, 0) is 30.7 Å². The lowest BCUT2D eigenvalue weighted by molar-refractivity contribution is -0.111. The quantitative estimate of drug-likeness (QED) is 0.760. The van der Waals surface area contributed by atoms with Crippen LogP contribution in [0.15, 0.2) is 48.5 Å². The molecule has 0 fully saturated rings. The number of hydrogen-bond donors (Lipinski definition) is 2. The molecule has 2 N–H and O–H groups in total. The monoisotopic (exact) mass is 320 g/mol. The fourth-order valence-corrected chi connectivity index (χ4v) is 3.00. The van der Waals surface area contributed by atoms with E-state index in [1.165, 1.54) is 0 Å². The van der Waals surface area contributed by atoms with Crippen molar-refractivity contribution in [3.8, 4) is 0 Å². The summed E-state index contributed by atoms with van der Waals surface area (Å²) in [7, 11) is 0. The zero-order valence-electron chi connectivity index (χ0n) is 13.2. The average Bonchev–Trinajstić information content (AvgIpc) is 2.95. The van der Waals surface area contributed by atoms with Gasteiger partial charge in [0.15, 0.2) is 0 Å². The number of hydrogen-bond acceptors (Lipinski definition) is 4. The van der Waals surface area contributed by atoms with Crippen LogP contribution in [-0.4, -0.2) is 25.5 Å². The number of aromatic nitrogens is 3. The van der Waals surface area contributed by atoms with Crippen LogP contribution in [-0.2, 0) is 11.3 Å². The number of carbonyl (C=O) groups is 1. The summed E-state index contributed by atoms with van der Waals surface area (Å²) < 4.78 is 1.98. The van der Waals surface area contributed by atoms with Crippen molar-refractivity contribution in [3.63, 3.8) is 0 Å². The molecule has 1 aliphatic heterocycles. The zero-order chi connectivity index (χ0) is 16.7. The largest absolute Gasteiger partial charge is 0.511 e. The molecule has 0 atom stereocenters. The first-order valence-electron chi connectivity index (χ1n) is 7.75. The van der Waals surface area contributed by atoms with Gasteiger partial charge in [0.25, 0.3) is 5.91 Å². The number of aryl methyl sites for hydroxylation is 2. The minimum absolute atomic E-state index is 0.0713. The van der Waals surface area contributed by atoms with Crippen LogP contribution in [0.25, 0.3) is 16.6 Å². The molecule has 120 valence electrons. The Morgan fingerprint density at radius 1 is 1.29 bits per heavy atom. The third-order valence-corrected chi connectivity index (χ3v) is 4.23. The molecule has 1 amide bonds. The SMILES string of the molecule is Cc1cnccc1NC(=O)C1=C(O)CCn2c1nc1ccccc12. The number of carbonyl (C=O) groups excluding carboxylic acids is 1. The summed E-state index contributed by atoms with van der Waals surface area (Å²) in [6.45, 7) is 2.47. The topological polar surface area (TPSA) is 80.0 Å². The number of benzene rings is 1. The van der Waals surface area contributed by atoms with Crippen LogP contribution in [0, 0.1) is 6.92 Å². The van der Waals surface area contributed by atoms with Crippen molar-refractivity contribution >= 4 is 28.2 Å². The minimum Gasteiger partial charge on any atom is -0.511 e. The molecule has 24 heavy (non-hydrogen) atoms. The summed E-state index contributed by atoms with van der Waals surface area (Å²) in [6, 6.07) is 9.45. The number of pyridine rings is 1. The van der Waals surface area contributed by atoms with E-state index in [4.69, 9.17) is 0 Å². The van der Waals surface area contributed by atoms with Gasteiger partial charge in [-0.1, -0.05) is 12.1 Å². The van der Waals surface area contributed by atoms with Crippen molar-refractivity contribution in [2.45, 2.75) is 19.9 Å². The number of imidazole rings is 1. The molecule has 4 rings (SSSR count). The molecule has 2 aromatic heterocycles. The minimum atomic E-state index is -0.363. The van der Waals surface area contributed by atoms with Crippen LogP contribution in [0.5, 0.6) is 0 Å². The molecule has 1 aliphatic rings. The number of rotatable bonds is 2. The lowest BCUT2D eigenvalue weighted by Gasteiger charge is -2.19. The first kappa shape index (κ1) is 14.4. The van der Waals surface area contributed by atoms with Gasteiger partial charge in [-0.25, -0.2) is 4.98 Å². The lowest BCUT2D eigenvalue weighted by Crippen LogP contribution is -2.22. The summed E-state index contributed by atoms with van der Waals surface area (Å²) in [5, 5.41) is 13.2.